The number of benzene rings is 2. The first-order valence-corrected chi connectivity index (χ1v) is 7.60. The molecule has 130 valence electrons. The maximum Gasteiger partial charge on any atom is 0.338 e. The van der Waals surface area contributed by atoms with E-state index in [9.17, 15) is 19.7 Å². The standard InChI is InChI=1S/C18H17NO6/c1-3-24-17(20)14-6-8-15(9-7-14)18(21)25-11-13-5-4-12(2)16(10-13)19(22)23/h4-10H,3,11H2,1-2H3. The topological polar surface area (TPSA) is 95.7 Å². The summed E-state index contributed by atoms with van der Waals surface area (Å²) in [5, 5.41) is 10.9. The van der Waals surface area contributed by atoms with Gasteiger partial charge in [0.15, 0.2) is 0 Å². The first-order valence-electron chi connectivity index (χ1n) is 7.60. The van der Waals surface area contributed by atoms with Crippen LogP contribution in [-0.2, 0) is 16.1 Å². The summed E-state index contributed by atoms with van der Waals surface area (Å²) >= 11 is 0. The lowest BCUT2D eigenvalue weighted by molar-refractivity contribution is -0.385. The number of aryl methyl sites for hydroxylation is 1. The van der Waals surface area contributed by atoms with Crippen LogP contribution in [0.25, 0.3) is 0 Å². The predicted octanol–water partition coefficient (Wildman–Crippen LogP) is 3.44. The first-order chi connectivity index (χ1) is 11.9. The van der Waals surface area contributed by atoms with E-state index in [2.05, 4.69) is 0 Å². The molecule has 0 aromatic heterocycles. The number of esters is 2. The van der Waals surface area contributed by atoms with Gasteiger partial charge in [0.1, 0.15) is 6.61 Å². The Morgan fingerprint density at radius 2 is 1.56 bits per heavy atom. The lowest BCUT2D eigenvalue weighted by atomic mass is 10.1. The van der Waals surface area contributed by atoms with Crippen molar-refractivity contribution in [2.75, 3.05) is 6.61 Å². The van der Waals surface area contributed by atoms with Crippen LogP contribution in [-0.4, -0.2) is 23.5 Å². The van der Waals surface area contributed by atoms with Gasteiger partial charge in [-0.3, -0.25) is 10.1 Å². The molecular weight excluding hydrogens is 326 g/mol. The van der Waals surface area contributed by atoms with Crippen molar-refractivity contribution in [1.82, 2.24) is 0 Å². The highest BCUT2D eigenvalue weighted by Crippen LogP contribution is 2.20. The Morgan fingerprint density at radius 3 is 2.08 bits per heavy atom. The lowest BCUT2D eigenvalue weighted by Gasteiger charge is -2.07. The average Bonchev–Trinajstić information content (AvgIpc) is 2.60. The molecule has 0 spiro atoms. The van der Waals surface area contributed by atoms with Gasteiger partial charge in [-0.2, -0.15) is 0 Å². The van der Waals surface area contributed by atoms with Crippen molar-refractivity contribution in [2.45, 2.75) is 20.5 Å². The third kappa shape index (κ3) is 4.63. The maximum atomic E-state index is 12.0. The molecule has 0 amide bonds. The Labute approximate surface area is 144 Å². The number of carbonyl (C=O) groups excluding carboxylic acids is 2. The predicted molar refractivity (Wildman–Crippen MR) is 89.4 cm³/mol. The molecule has 0 fully saturated rings. The molecule has 0 bridgehead atoms. The van der Waals surface area contributed by atoms with E-state index in [0.717, 1.165) is 0 Å². The highest BCUT2D eigenvalue weighted by molar-refractivity contribution is 5.93. The monoisotopic (exact) mass is 343 g/mol. The van der Waals surface area contributed by atoms with Gasteiger partial charge in [0.05, 0.1) is 22.7 Å². The lowest BCUT2D eigenvalue weighted by Crippen LogP contribution is -2.08. The summed E-state index contributed by atoms with van der Waals surface area (Å²) in [6, 6.07) is 10.5. The number of hydrogen-bond acceptors (Lipinski definition) is 6. The number of rotatable bonds is 6. The van der Waals surface area contributed by atoms with E-state index in [1.165, 1.54) is 30.3 Å². The van der Waals surface area contributed by atoms with Gasteiger partial charge in [0.25, 0.3) is 5.69 Å². The smallest absolute Gasteiger partial charge is 0.338 e. The van der Waals surface area contributed by atoms with E-state index in [4.69, 9.17) is 9.47 Å². The normalized spacial score (nSPS) is 10.2. The van der Waals surface area contributed by atoms with Crippen molar-refractivity contribution in [1.29, 1.82) is 0 Å². The molecule has 0 N–H and O–H groups in total. The van der Waals surface area contributed by atoms with Gasteiger partial charge in [-0.25, -0.2) is 9.59 Å². The number of ether oxygens (including phenoxy) is 2. The van der Waals surface area contributed by atoms with Crippen LogP contribution < -0.4 is 0 Å². The van der Waals surface area contributed by atoms with E-state index in [-0.39, 0.29) is 24.5 Å². The second-order valence-electron chi connectivity index (χ2n) is 5.25. The van der Waals surface area contributed by atoms with E-state index in [1.54, 1.807) is 26.0 Å². The van der Waals surface area contributed by atoms with Crippen LogP contribution in [0.5, 0.6) is 0 Å². The van der Waals surface area contributed by atoms with Gasteiger partial charge in [0.2, 0.25) is 0 Å². The summed E-state index contributed by atoms with van der Waals surface area (Å²) in [7, 11) is 0. The van der Waals surface area contributed by atoms with E-state index >= 15 is 0 Å². The minimum atomic E-state index is -0.585. The molecule has 25 heavy (non-hydrogen) atoms. The van der Waals surface area contributed by atoms with Gasteiger partial charge in [0, 0.05) is 11.6 Å². The zero-order valence-electron chi connectivity index (χ0n) is 13.9. The Hall–Kier alpha value is -3.22. The van der Waals surface area contributed by atoms with Crippen molar-refractivity contribution >= 4 is 17.6 Å². The Morgan fingerprint density at radius 1 is 1.00 bits per heavy atom. The third-order valence-corrected chi connectivity index (χ3v) is 3.47. The van der Waals surface area contributed by atoms with Crippen molar-refractivity contribution in [3.05, 3.63) is 74.8 Å². The zero-order valence-corrected chi connectivity index (χ0v) is 13.9. The summed E-state index contributed by atoms with van der Waals surface area (Å²) < 4.78 is 10.0. The molecule has 0 radical (unpaired) electrons. The maximum absolute atomic E-state index is 12.0. The Kier molecular flexibility index (Phi) is 5.84. The molecule has 0 aliphatic heterocycles. The van der Waals surface area contributed by atoms with E-state index < -0.39 is 16.9 Å². The molecule has 0 unspecified atom stereocenters. The van der Waals surface area contributed by atoms with Crippen molar-refractivity contribution in [3.63, 3.8) is 0 Å². The van der Waals surface area contributed by atoms with Gasteiger partial charge < -0.3 is 9.47 Å². The molecular formula is C18H17NO6. The van der Waals surface area contributed by atoms with Crippen LogP contribution in [0.1, 0.15) is 38.8 Å². The Bertz CT molecular complexity index is 798. The molecule has 0 atom stereocenters. The van der Waals surface area contributed by atoms with Crippen LogP contribution in [0.4, 0.5) is 5.69 Å². The third-order valence-electron chi connectivity index (χ3n) is 3.47. The molecule has 0 saturated heterocycles. The largest absolute Gasteiger partial charge is 0.462 e. The number of carbonyl (C=O) groups is 2. The van der Waals surface area contributed by atoms with Crippen molar-refractivity contribution < 1.29 is 24.0 Å². The Balaban J connectivity index is 2.02. The molecule has 0 aliphatic rings. The number of hydrogen-bond donors (Lipinski definition) is 0. The molecule has 7 nitrogen and oxygen atoms in total. The van der Waals surface area contributed by atoms with E-state index in [0.29, 0.717) is 16.7 Å². The van der Waals surface area contributed by atoms with Crippen LogP contribution in [0.3, 0.4) is 0 Å². The second-order valence-corrected chi connectivity index (χ2v) is 5.25. The molecule has 0 saturated carbocycles. The number of nitro groups is 1. The fraction of sp³-hybridized carbons (Fsp3) is 0.222. The fourth-order valence-electron chi connectivity index (χ4n) is 2.13. The highest BCUT2D eigenvalue weighted by Gasteiger charge is 2.13. The summed E-state index contributed by atoms with van der Waals surface area (Å²) in [5.41, 5.74) is 1.65. The van der Waals surface area contributed by atoms with Gasteiger partial charge in [-0.1, -0.05) is 12.1 Å². The van der Waals surface area contributed by atoms with Crippen molar-refractivity contribution in [2.24, 2.45) is 0 Å². The fourth-order valence-corrected chi connectivity index (χ4v) is 2.13. The summed E-state index contributed by atoms with van der Waals surface area (Å²) in [6.45, 7) is 3.53. The van der Waals surface area contributed by atoms with Crippen LogP contribution in [0, 0.1) is 17.0 Å². The molecule has 2 aromatic rings. The summed E-state index contributed by atoms with van der Waals surface area (Å²) in [4.78, 5) is 34.0. The summed E-state index contributed by atoms with van der Waals surface area (Å²) in [6.07, 6.45) is 0. The highest BCUT2D eigenvalue weighted by atomic mass is 16.6. The van der Waals surface area contributed by atoms with Crippen molar-refractivity contribution in [3.8, 4) is 0 Å². The van der Waals surface area contributed by atoms with Crippen LogP contribution >= 0.6 is 0 Å². The van der Waals surface area contributed by atoms with Gasteiger partial charge >= 0.3 is 11.9 Å². The molecule has 7 heteroatoms. The molecule has 2 rings (SSSR count). The zero-order chi connectivity index (χ0) is 18.4. The molecule has 0 aliphatic carbocycles. The summed E-state index contributed by atoms with van der Waals surface area (Å²) in [5.74, 6) is -1.05. The minimum Gasteiger partial charge on any atom is -0.462 e. The van der Waals surface area contributed by atoms with Gasteiger partial charge in [-0.05, 0) is 43.7 Å². The number of nitrogens with zero attached hydrogens (tertiary/aromatic N) is 1. The second kappa shape index (κ2) is 8.05. The number of nitro benzene ring substituents is 1. The first kappa shape index (κ1) is 18.1. The molecule has 0 heterocycles. The van der Waals surface area contributed by atoms with E-state index in [1.807, 2.05) is 0 Å². The minimum absolute atomic E-state index is 0.0210. The average molecular weight is 343 g/mol. The molecule has 2 aromatic carbocycles. The van der Waals surface area contributed by atoms with Gasteiger partial charge in [-0.15, -0.1) is 0 Å². The van der Waals surface area contributed by atoms with Crippen LogP contribution in [0.15, 0.2) is 42.5 Å². The SMILES string of the molecule is CCOC(=O)c1ccc(C(=O)OCc2ccc(C)c([N+](=O)[O-])c2)cc1. The van der Waals surface area contributed by atoms with Crippen LogP contribution in [0.2, 0.25) is 0 Å². The quantitative estimate of drug-likeness (QED) is 0.453.